The number of carbonyl (C=O) groups is 2. The molecule has 162 valence electrons. The number of benzene rings is 3. The van der Waals surface area contributed by atoms with Crippen LogP contribution in [0.3, 0.4) is 0 Å². The van der Waals surface area contributed by atoms with Gasteiger partial charge < -0.3 is 9.80 Å². The van der Waals surface area contributed by atoms with Crippen LogP contribution in [0.4, 0.5) is 14.5 Å². The summed E-state index contributed by atoms with van der Waals surface area (Å²) in [6.07, 6.45) is 0. The van der Waals surface area contributed by atoms with Crippen molar-refractivity contribution in [1.29, 1.82) is 0 Å². The van der Waals surface area contributed by atoms with Gasteiger partial charge in [-0.25, -0.2) is 8.78 Å². The topological polar surface area (TPSA) is 40.6 Å². The maximum atomic E-state index is 13.9. The summed E-state index contributed by atoms with van der Waals surface area (Å²) in [7, 11) is 0. The summed E-state index contributed by atoms with van der Waals surface area (Å²) in [4.78, 5) is 29.4. The van der Waals surface area contributed by atoms with Crippen LogP contribution in [0.1, 0.15) is 27.0 Å². The summed E-state index contributed by atoms with van der Waals surface area (Å²) >= 11 is 1.42. The lowest BCUT2D eigenvalue weighted by Crippen LogP contribution is -2.50. The molecule has 7 heteroatoms. The molecule has 1 unspecified atom stereocenters. The monoisotopic (exact) mass is 450 g/mol. The molecule has 0 saturated carbocycles. The number of carbonyl (C=O) groups excluding carboxylic acids is 2. The molecular weight excluding hydrogens is 430 g/mol. The Morgan fingerprint density at radius 3 is 2.56 bits per heavy atom. The SMILES string of the molecule is Cc1ccc2c(c1)C1(SCCN1C(=O)c1cccc(F)c1)C(=O)N2Cc1ccc(F)cc1. The van der Waals surface area contributed by atoms with Crippen LogP contribution >= 0.6 is 11.8 Å². The number of nitrogens with zero attached hydrogens (tertiary/aromatic N) is 2. The van der Waals surface area contributed by atoms with E-state index in [9.17, 15) is 18.4 Å². The zero-order valence-electron chi connectivity index (χ0n) is 17.3. The van der Waals surface area contributed by atoms with Gasteiger partial charge >= 0.3 is 0 Å². The first-order valence-corrected chi connectivity index (χ1v) is 11.3. The highest BCUT2D eigenvalue weighted by Gasteiger charge is 2.59. The molecule has 0 aliphatic carbocycles. The fourth-order valence-corrected chi connectivity index (χ4v) is 5.89. The highest BCUT2D eigenvalue weighted by molar-refractivity contribution is 8.01. The first-order valence-electron chi connectivity index (χ1n) is 10.3. The zero-order valence-corrected chi connectivity index (χ0v) is 18.2. The van der Waals surface area contributed by atoms with E-state index in [1.54, 1.807) is 28.0 Å². The predicted molar refractivity (Wildman–Crippen MR) is 120 cm³/mol. The quantitative estimate of drug-likeness (QED) is 0.572. The Morgan fingerprint density at radius 2 is 1.81 bits per heavy atom. The Hall–Kier alpha value is -3.19. The Bertz CT molecular complexity index is 1230. The van der Waals surface area contributed by atoms with Gasteiger partial charge in [0.1, 0.15) is 11.6 Å². The highest BCUT2D eigenvalue weighted by atomic mass is 32.2. The van der Waals surface area contributed by atoms with Gasteiger partial charge in [0.05, 0.1) is 12.2 Å². The number of rotatable bonds is 3. The van der Waals surface area contributed by atoms with Crippen LogP contribution in [-0.4, -0.2) is 29.0 Å². The lowest BCUT2D eigenvalue weighted by atomic mass is 10.0. The van der Waals surface area contributed by atoms with Gasteiger partial charge in [-0.15, -0.1) is 11.8 Å². The van der Waals surface area contributed by atoms with Crippen molar-refractivity contribution in [2.45, 2.75) is 18.3 Å². The second kappa shape index (κ2) is 7.74. The number of aryl methyl sites for hydroxylation is 1. The minimum Gasteiger partial charge on any atom is -0.311 e. The van der Waals surface area contributed by atoms with Crippen LogP contribution in [0, 0.1) is 18.6 Å². The molecule has 1 fully saturated rings. The fraction of sp³-hybridized carbons (Fsp3) is 0.200. The maximum Gasteiger partial charge on any atom is 0.268 e. The van der Waals surface area contributed by atoms with Crippen molar-refractivity contribution in [2.75, 3.05) is 17.2 Å². The summed E-state index contributed by atoms with van der Waals surface area (Å²) in [6.45, 7) is 2.59. The number of thioether (sulfide) groups is 1. The molecule has 2 heterocycles. The first kappa shape index (κ1) is 20.7. The van der Waals surface area contributed by atoms with E-state index < -0.39 is 10.7 Å². The van der Waals surface area contributed by atoms with Crippen LogP contribution in [0.2, 0.25) is 0 Å². The summed E-state index contributed by atoms with van der Waals surface area (Å²) in [5.74, 6) is -0.839. The van der Waals surface area contributed by atoms with E-state index in [4.69, 9.17) is 0 Å². The van der Waals surface area contributed by atoms with E-state index in [1.807, 2.05) is 25.1 Å². The van der Waals surface area contributed by atoms with Crippen molar-refractivity contribution in [3.05, 3.63) is 101 Å². The molecule has 2 aliphatic rings. The summed E-state index contributed by atoms with van der Waals surface area (Å²) in [5.41, 5.74) is 3.47. The van der Waals surface area contributed by atoms with Crippen molar-refractivity contribution in [1.82, 2.24) is 4.90 Å². The van der Waals surface area contributed by atoms with Gasteiger partial charge in [-0.05, 0) is 48.9 Å². The Labute approximate surface area is 188 Å². The third-order valence-electron chi connectivity index (χ3n) is 5.92. The van der Waals surface area contributed by atoms with Crippen LogP contribution in [0.25, 0.3) is 0 Å². The molecule has 4 nitrogen and oxygen atoms in total. The standard InChI is InChI=1S/C25H20F2N2O2S/c1-16-5-10-22-21(13-16)25(24(31)28(22)15-17-6-8-19(26)9-7-17)29(11-12-32-25)23(30)18-3-2-4-20(27)14-18/h2-10,13-14H,11-12,15H2,1H3. The second-order valence-electron chi connectivity index (χ2n) is 8.00. The highest BCUT2D eigenvalue weighted by Crippen LogP contribution is 2.55. The lowest BCUT2D eigenvalue weighted by Gasteiger charge is -2.33. The molecule has 2 amide bonds. The number of anilines is 1. The molecule has 1 spiro atoms. The molecule has 5 rings (SSSR count). The molecule has 2 aliphatic heterocycles. The number of halogens is 2. The number of amides is 2. The molecule has 0 bridgehead atoms. The van der Waals surface area contributed by atoms with Crippen molar-refractivity contribution in [3.8, 4) is 0 Å². The van der Waals surface area contributed by atoms with E-state index in [0.717, 1.165) is 22.4 Å². The normalized spacial score (nSPS) is 19.7. The van der Waals surface area contributed by atoms with Crippen LogP contribution < -0.4 is 4.90 Å². The van der Waals surface area contributed by atoms with Crippen LogP contribution in [0.15, 0.2) is 66.7 Å². The second-order valence-corrected chi connectivity index (χ2v) is 9.29. The number of fused-ring (bicyclic) bond motifs is 2. The summed E-state index contributed by atoms with van der Waals surface area (Å²) in [6, 6.07) is 17.4. The molecule has 1 saturated heterocycles. The Balaban J connectivity index is 1.59. The average Bonchev–Trinajstić information content (AvgIpc) is 3.32. The Kier molecular flexibility index (Phi) is 5.01. The predicted octanol–water partition coefficient (Wildman–Crippen LogP) is 4.86. The van der Waals surface area contributed by atoms with Crippen molar-refractivity contribution in [2.24, 2.45) is 0 Å². The third kappa shape index (κ3) is 3.19. The smallest absolute Gasteiger partial charge is 0.268 e. The number of hydrogen-bond acceptors (Lipinski definition) is 3. The summed E-state index contributed by atoms with van der Waals surface area (Å²) in [5, 5.41) is 0. The fourth-order valence-electron chi connectivity index (χ4n) is 4.44. The molecule has 3 aromatic rings. The van der Waals surface area contributed by atoms with Gasteiger partial charge in [0, 0.05) is 23.4 Å². The molecular formula is C25H20F2N2O2S. The first-order chi connectivity index (χ1) is 15.4. The van der Waals surface area contributed by atoms with Gasteiger partial charge in [0.2, 0.25) is 0 Å². The van der Waals surface area contributed by atoms with Gasteiger partial charge in [-0.1, -0.05) is 35.9 Å². The minimum absolute atomic E-state index is 0.213. The molecule has 0 radical (unpaired) electrons. The van der Waals surface area contributed by atoms with E-state index in [1.165, 1.54) is 42.1 Å². The van der Waals surface area contributed by atoms with Gasteiger partial charge in [-0.3, -0.25) is 9.59 Å². The van der Waals surface area contributed by atoms with Crippen LogP contribution in [-0.2, 0) is 16.2 Å². The van der Waals surface area contributed by atoms with Crippen LogP contribution in [0.5, 0.6) is 0 Å². The molecule has 0 N–H and O–H groups in total. The zero-order chi connectivity index (χ0) is 22.5. The molecule has 3 aromatic carbocycles. The van der Waals surface area contributed by atoms with E-state index in [2.05, 4.69) is 0 Å². The maximum absolute atomic E-state index is 13.9. The lowest BCUT2D eigenvalue weighted by molar-refractivity contribution is -0.123. The van der Waals surface area contributed by atoms with E-state index in [0.29, 0.717) is 12.3 Å². The number of hydrogen-bond donors (Lipinski definition) is 0. The molecule has 1 atom stereocenters. The Morgan fingerprint density at radius 1 is 1.03 bits per heavy atom. The largest absolute Gasteiger partial charge is 0.311 e. The minimum atomic E-state index is -1.20. The van der Waals surface area contributed by atoms with E-state index >= 15 is 0 Å². The summed E-state index contributed by atoms with van der Waals surface area (Å²) < 4.78 is 27.2. The van der Waals surface area contributed by atoms with Crippen molar-refractivity contribution in [3.63, 3.8) is 0 Å². The van der Waals surface area contributed by atoms with Crippen molar-refractivity contribution < 1.29 is 18.4 Å². The van der Waals surface area contributed by atoms with E-state index in [-0.39, 0.29) is 29.7 Å². The molecule has 32 heavy (non-hydrogen) atoms. The van der Waals surface area contributed by atoms with Crippen molar-refractivity contribution >= 4 is 29.3 Å². The average molecular weight is 451 g/mol. The third-order valence-corrected chi connectivity index (χ3v) is 7.34. The van der Waals surface area contributed by atoms with Gasteiger partial charge in [0.15, 0.2) is 4.87 Å². The van der Waals surface area contributed by atoms with Gasteiger partial charge in [-0.2, -0.15) is 0 Å². The van der Waals surface area contributed by atoms with Gasteiger partial charge in [0.25, 0.3) is 11.8 Å². The molecule has 0 aromatic heterocycles.